The van der Waals surface area contributed by atoms with Gasteiger partial charge in [0.1, 0.15) is 23.3 Å². The van der Waals surface area contributed by atoms with Crippen molar-refractivity contribution in [2.75, 3.05) is 7.11 Å². The highest BCUT2D eigenvalue weighted by molar-refractivity contribution is 7.13. The van der Waals surface area contributed by atoms with Crippen molar-refractivity contribution in [2.45, 2.75) is 6.04 Å². The monoisotopic (exact) mass is 495 g/mol. The zero-order chi connectivity index (χ0) is 24.9. The molecular weight excluding hydrogens is 470 g/mol. The summed E-state index contributed by atoms with van der Waals surface area (Å²) in [5.74, 6) is 1.13. The van der Waals surface area contributed by atoms with Crippen LogP contribution in [0.2, 0.25) is 0 Å². The van der Waals surface area contributed by atoms with E-state index in [4.69, 9.17) is 9.84 Å². The molecule has 8 heteroatoms. The van der Waals surface area contributed by atoms with Crippen LogP contribution in [-0.4, -0.2) is 32.3 Å². The summed E-state index contributed by atoms with van der Waals surface area (Å²) in [5.41, 5.74) is 3.45. The number of ether oxygens (including phenoxy) is 1. The van der Waals surface area contributed by atoms with E-state index in [2.05, 4.69) is 10.3 Å². The number of methoxy groups -OCH3 is 1. The van der Waals surface area contributed by atoms with Crippen molar-refractivity contribution in [1.82, 2.24) is 24.6 Å². The Morgan fingerprint density at radius 1 is 1.08 bits per heavy atom. The molecule has 0 fully saturated rings. The number of imidazole rings is 1. The molecule has 0 aliphatic heterocycles. The molecule has 7 nitrogen and oxygen atoms in total. The van der Waals surface area contributed by atoms with Gasteiger partial charge in [-0.1, -0.05) is 42.5 Å². The maximum atomic E-state index is 13.2. The van der Waals surface area contributed by atoms with Gasteiger partial charge < -0.3 is 14.6 Å². The lowest BCUT2D eigenvalue weighted by molar-refractivity contribution is -0.117. The second-order valence-corrected chi connectivity index (χ2v) is 9.05. The third-order valence-electron chi connectivity index (χ3n) is 5.79. The third kappa shape index (κ3) is 4.85. The fourth-order valence-corrected chi connectivity index (χ4v) is 4.76. The third-order valence-corrected chi connectivity index (χ3v) is 6.66. The molecule has 0 radical (unpaired) electrons. The smallest absolute Gasteiger partial charge is 0.244 e. The Hall–Kier alpha value is -4.43. The molecule has 180 valence electrons. The summed E-state index contributed by atoms with van der Waals surface area (Å²) in [6, 6.07) is 21.1. The molecule has 5 rings (SSSR count). The Labute approximate surface area is 213 Å². The minimum atomic E-state index is -0.484. The summed E-state index contributed by atoms with van der Waals surface area (Å²) >= 11 is 1.61. The number of rotatable bonds is 8. The number of hydrogen-bond donors (Lipinski definition) is 1. The second kappa shape index (κ2) is 10.5. The number of aryl methyl sites for hydroxylation is 1. The molecule has 1 unspecified atom stereocenters. The summed E-state index contributed by atoms with van der Waals surface area (Å²) in [5, 5.41) is 9.91. The minimum Gasteiger partial charge on any atom is -0.496 e. The molecule has 36 heavy (non-hydrogen) atoms. The van der Waals surface area contributed by atoms with Gasteiger partial charge in [-0.25, -0.2) is 9.67 Å². The molecule has 0 aliphatic rings. The average Bonchev–Trinajstić information content (AvgIpc) is 3.68. The summed E-state index contributed by atoms with van der Waals surface area (Å²) in [7, 11) is 3.52. The molecule has 5 aromatic rings. The molecule has 0 aliphatic carbocycles. The SMILES string of the molecule is COc1ccccc1C(NC(=O)/C=C/c1cn(-c2ccccc2)nc1-c1cccs1)c1nccn1C. The highest BCUT2D eigenvalue weighted by Crippen LogP contribution is 2.30. The number of hydrogen-bond acceptors (Lipinski definition) is 5. The summed E-state index contributed by atoms with van der Waals surface area (Å²) < 4.78 is 9.28. The van der Waals surface area contributed by atoms with Crippen molar-refractivity contribution < 1.29 is 9.53 Å². The Balaban J connectivity index is 1.46. The Morgan fingerprint density at radius 3 is 2.61 bits per heavy atom. The summed E-state index contributed by atoms with van der Waals surface area (Å²) in [6.45, 7) is 0. The van der Waals surface area contributed by atoms with Crippen LogP contribution in [0.15, 0.2) is 96.8 Å². The van der Waals surface area contributed by atoms with E-state index in [9.17, 15) is 4.79 Å². The van der Waals surface area contributed by atoms with Gasteiger partial charge in [0.2, 0.25) is 5.91 Å². The summed E-state index contributed by atoms with van der Waals surface area (Å²) in [6.07, 6.45) is 8.84. The molecule has 1 N–H and O–H groups in total. The number of thiophene rings is 1. The van der Waals surface area contributed by atoms with Crippen molar-refractivity contribution in [3.05, 3.63) is 114 Å². The molecule has 0 spiro atoms. The number of para-hydroxylation sites is 2. The quantitative estimate of drug-likeness (QED) is 0.298. The van der Waals surface area contributed by atoms with Crippen LogP contribution >= 0.6 is 11.3 Å². The van der Waals surface area contributed by atoms with Gasteiger partial charge in [0.15, 0.2) is 0 Å². The highest BCUT2D eigenvalue weighted by Gasteiger charge is 2.23. The first-order valence-electron chi connectivity index (χ1n) is 11.4. The largest absolute Gasteiger partial charge is 0.496 e. The van der Waals surface area contributed by atoms with Crippen molar-refractivity contribution in [1.29, 1.82) is 0 Å². The van der Waals surface area contributed by atoms with Crippen molar-refractivity contribution in [3.63, 3.8) is 0 Å². The van der Waals surface area contributed by atoms with Crippen LogP contribution in [0, 0.1) is 0 Å². The average molecular weight is 496 g/mol. The van der Waals surface area contributed by atoms with Crippen LogP contribution in [0.4, 0.5) is 0 Å². The minimum absolute atomic E-state index is 0.251. The topological polar surface area (TPSA) is 74.0 Å². The number of carbonyl (C=O) groups is 1. The van der Waals surface area contributed by atoms with E-state index in [1.165, 1.54) is 6.08 Å². The van der Waals surface area contributed by atoms with Gasteiger partial charge in [-0.15, -0.1) is 11.3 Å². The first kappa shape index (κ1) is 23.3. The molecule has 3 heterocycles. The van der Waals surface area contributed by atoms with Gasteiger partial charge in [0.25, 0.3) is 0 Å². The van der Waals surface area contributed by atoms with E-state index in [0.29, 0.717) is 11.6 Å². The van der Waals surface area contributed by atoms with Gasteiger partial charge in [-0.05, 0) is 35.7 Å². The van der Waals surface area contributed by atoms with Gasteiger partial charge in [0.05, 0.1) is 17.7 Å². The fourth-order valence-electron chi connectivity index (χ4n) is 4.02. The Bertz CT molecular complexity index is 1490. The molecule has 2 aromatic carbocycles. The van der Waals surface area contributed by atoms with E-state index in [1.54, 1.807) is 30.7 Å². The second-order valence-electron chi connectivity index (χ2n) is 8.10. The van der Waals surface area contributed by atoms with Gasteiger partial charge >= 0.3 is 0 Å². The van der Waals surface area contributed by atoms with E-state index in [0.717, 1.165) is 27.4 Å². The van der Waals surface area contributed by atoms with Crippen molar-refractivity contribution in [3.8, 4) is 22.0 Å². The molecule has 1 atom stereocenters. The number of nitrogens with one attached hydrogen (secondary N) is 1. The molecule has 0 bridgehead atoms. The van der Waals surface area contributed by atoms with Gasteiger partial charge in [-0.3, -0.25) is 4.79 Å². The van der Waals surface area contributed by atoms with Crippen LogP contribution in [0.25, 0.3) is 22.3 Å². The van der Waals surface area contributed by atoms with Crippen LogP contribution in [0.3, 0.4) is 0 Å². The van der Waals surface area contributed by atoms with Crippen LogP contribution in [0.1, 0.15) is 23.0 Å². The van der Waals surface area contributed by atoms with E-state index < -0.39 is 6.04 Å². The normalized spacial score (nSPS) is 12.1. The number of carbonyl (C=O) groups excluding carboxylic acids is 1. The van der Waals surface area contributed by atoms with E-state index in [-0.39, 0.29) is 5.91 Å². The number of benzene rings is 2. The highest BCUT2D eigenvalue weighted by atomic mass is 32.1. The molecule has 1 amide bonds. The van der Waals surface area contributed by atoms with Crippen LogP contribution in [-0.2, 0) is 11.8 Å². The predicted molar refractivity (Wildman–Crippen MR) is 142 cm³/mol. The number of nitrogens with zero attached hydrogens (tertiary/aromatic N) is 4. The van der Waals surface area contributed by atoms with E-state index >= 15 is 0 Å². The zero-order valence-corrected chi connectivity index (χ0v) is 20.7. The van der Waals surface area contributed by atoms with E-state index in [1.807, 2.05) is 101 Å². The zero-order valence-electron chi connectivity index (χ0n) is 19.9. The molecular formula is C28H25N5O2S. The standard InChI is InChI=1S/C28H25N5O2S/c1-32-17-16-29-28(32)27(22-11-6-7-12-23(22)35-2)30-25(34)15-14-20-19-33(21-9-4-3-5-10-21)31-26(20)24-13-8-18-36-24/h3-19,27H,1-2H3,(H,30,34)/b15-14+. The lowest BCUT2D eigenvalue weighted by Crippen LogP contribution is -2.30. The lowest BCUT2D eigenvalue weighted by atomic mass is 10.0. The lowest BCUT2D eigenvalue weighted by Gasteiger charge is -2.20. The Morgan fingerprint density at radius 2 is 1.89 bits per heavy atom. The maximum Gasteiger partial charge on any atom is 0.244 e. The first-order chi connectivity index (χ1) is 17.6. The Kier molecular flexibility index (Phi) is 6.77. The number of amides is 1. The molecule has 3 aromatic heterocycles. The number of aromatic nitrogens is 4. The molecule has 0 saturated carbocycles. The van der Waals surface area contributed by atoms with Crippen LogP contribution < -0.4 is 10.1 Å². The van der Waals surface area contributed by atoms with Crippen molar-refractivity contribution >= 4 is 23.3 Å². The van der Waals surface area contributed by atoms with Gasteiger partial charge in [-0.2, -0.15) is 5.10 Å². The first-order valence-corrected chi connectivity index (χ1v) is 12.3. The molecule has 0 saturated heterocycles. The summed E-state index contributed by atoms with van der Waals surface area (Å²) in [4.78, 5) is 18.7. The predicted octanol–water partition coefficient (Wildman–Crippen LogP) is 5.26. The van der Waals surface area contributed by atoms with Crippen LogP contribution in [0.5, 0.6) is 5.75 Å². The fraction of sp³-hybridized carbons (Fsp3) is 0.107. The maximum absolute atomic E-state index is 13.2. The van der Waals surface area contributed by atoms with Gasteiger partial charge in [0, 0.05) is 42.8 Å². The van der Waals surface area contributed by atoms with Crippen molar-refractivity contribution in [2.24, 2.45) is 7.05 Å².